The van der Waals surface area contributed by atoms with Crippen molar-refractivity contribution in [2.45, 2.75) is 43.2 Å². The number of amides is 1. The van der Waals surface area contributed by atoms with Crippen LogP contribution in [0.5, 0.6) is 5.75 Å². The van der Waals surface area contributed by atoms with E-state index in [9.17, 15) is 15.0 Å². The van der Waals surface area contributed by atoms with Gasteiger partial charge in [0.15, 0.2) is 6.29 Å². The number of aliphatic hydroxyl groups is 1. The van der Waals surface area contributed by atoms with Crippen LogP contribution in [-0.4, -0.2) is 58.2 Å². The predicted molar refractivity (Wildman–Crippen MR) is 203 cm³/mol. The number of para-hydroxylation sites is 2. The minimum Gasteiger partial charge on any atom is -0.508 e. The number of fused-ring (bicyclic) bond motifs is 1. The third kappa shape index (κ3) is 7.99. The van der Waals surface area contributed by atoms with Crippen LogP contribution < -0.4 is 5.32 Å². The molecule has 0 unspecified atom stereocenters. The molecule has 12 nitrogen and oxygen atoms in total. The van der Waals surface area contributed by atoms with Gasteiger partial charge in [-0.2, -0.15) is 4.68 Å². The van der Waals surface area contributed by atoms with E-state index in [4.69, 9.17) is 9.47 Å². The zero-order valence-corrected chi connectivity index (χ0v) is 29.7. The molecule has 13 heteroatoms. The molecule has 7 aromatic rings. The van der Waals surface area contributed by atoms with Crippen molar-refractivity contribution in [1.29, 1.82) is 0 Å². The van der Waals surface area contributed by atoms with Crippen molar-refractivity contribution >= 4 is 28.7 Å². The van der Waals surface area contributed by atoms with Crippen LogP contribution in [0.15, 0.2) is 133 Å². The summed E-state index contributed by atoms with van der Waals surface area (Å²) >= 11 is 1.48. The summed E-state index contributed by atoms with van der Waals surface area (Å²) < 4.78 is 14.8. The lowest BCUT2D eigenvalue weighted by molar-refractivity contribution is -0.245. The summed E-state index contributed by atoms with van der Waals surface area (Å²) in [5.41, 5.74) is 8.08. The third-order valence-electron chi connectivity index (χ3n) is 9.13. The van der Waals surface area contributed by atoms with E-state index < -0.39 is 6.29 Å². The summed E-state index contributed by atoms with van der Waals surface area (Å²) in [6.45, 7) is 0.307. The Bertz CT molecular complexity index is 2370. The van der Waals surface area contributed by atoms with Crippen molar-refractivity contribution < 1.29 is 24.5 Å². The third-order valence-corrected chi connectivity index (χ3v) is 10.2. The number of hydrogen-bond acceptors (Lipinski definition) is 11. The molecule has 8 rings (SSSR count). The van der Waals surface area contributed by atoms with Crippen LogP contribution in [0.1, 0.15) is 51.6 Å². The van der Waals surface area contributed by atoms with Gasteiger partial charge in [-0.1, -0.05) is 90.6 Å². The number of nitrogens with zero attached hydrogens (tertiary/aromatic N) is 6. The topological polar surface area (TPSA) is 157 Å². The largest absolute Gasteiger partial charge is 0.508 e. The number of thioether (sulfide) groups is 1. The van der Waals surface area contributed by atoms with Crippen LogP contribution >= 0.6 is 11.8 Å². The molecule has 3 N–H and O–H groups in total. The summed E-state index contributed by atoms with van der Waals surface area (Å²) in [7, 11) is 0. The molecule has 1 amide bonds. The van der Waals surface area contributed by atoms with Gasteiger partial charge in [0.1, 0.15) is 11.4 Å². The first-order valence-electron chi connectivity index (χ1n) is 17.4. The monoisotopic (exact) mass is 737 g/mol. The number of carbonyl (C=O) groups excluding carboxylic acids is 1. The van der Waals surface area contributed by atoms with E-state index in [0.717, 1.165) is 44.6 Å². The second kappa shape index (κ2) is 15.9. The minimum absolute atomic E-state index is 0.0308. The molecule has 3 atom stereocenters. The number of aromatic nitrogens is 6. The first-order chi connectivity index (χ1) is 26.5. The number of hydrogen-bond donors (Lipinski definition) is 3. The summed E-state index contributed by atoms with van der Waals surface area (Å²) in [5.74, 6) is 0.445. The van der Waals surface area contributed by atoms with Crippen molar-refractivity contribution in [2.75, 3.05) is 5.75 Å². The summed E-state index contributed by atoms with van der Waals surface area (Å²) in [6, 6.07) is 38.1. The molecule has 0 bridgehead atoms. The van der Waals surface area contributed by atoms with E-state index >= 15 is 0 Å². The Morgan fingerprint density at radius 3 is 2.41 bits per heavy atom. The number of nitrogens with one attached hydrogen (secondary N) is 1. The van der Waals surface area contributed by atoms with Crippen LogP contribution in [-0.2, 0) is 22.6 Å². The Labute approximate surface area is 314 Å². The minimum atomic E-state index is -0.631. The number of carbonyl (C=O) groups is 1. The number of phenolic OH excluding ortho intramolecular Hbond substituents is 1. The van der Waals surface area contributed by atoms with Gasteiger partial charge in [-0.05, 0) is 80.7 Å². The molecule has 54 heavy (non-hydrogen) atoms. The average Bonchev–Trinajstić information content (AvgIpc) is 3.71. The van der Waals surface area contributed by atoms with Crippen LogP contribution in [0, 0.1) is 0 Å². The Morgan fingerprint density at radius 1 is 0.833 bits per heavy atom. The number of ether oxygens (including phenoxy) is 2. The Kier molecular flexibility index (Phi) is 10.4. The molecule has 1 aliphatic rings. The van der Waals surface area contributed by atoms with Gasteiger partial charge in [-0.25, -0.2) is 4.98 Å². The summed E-state index contributed by atoms with van der Waals surface area (Å²) in [5, 5.41) is 35.1. The van der Waals surface area contributed by atoms with E-state index in [0.29, 0.717) is 29.4 Å². The fourth-order valence-corrected chi connectivity index (χ4v) is 7.16. The molecular formula is C41H35N7O5S. The SMILES string of the molecule is O=C(NCc1cccc(-c2ccc([C@@H]3O[C@H](CSc4nnnn4-c4ccc(O)cc4)C[C@H](c4ccc(CO)cc4)O3)cc2)c1)c1cnc2ccccc2n1. The molecule has 1 fully saturated rings. The van der Waals surface area contributed by atoms with E-state index in [-0.39, 0.29) is 36.2 Å². The molecular weight excluding hydrogens is 703 g/mol. The second-order valence-corrected chi connectivity index (χ2v) is 13.8. The smallest absolute Gasteiger partial charge is 0.271 e. The van der Waals surface area contributed by atoms with Crippen molar-refractivity contribution in [2.24, 2.45) is 0 Å². The maximum Gasteiger partial charge on any atom is 0.271 e. The van der Waals surface area contributed by atoms with Crippen molar-refractivity contribution in [3.05, 3.63) is 155 Å². The number of rotatable bonds is 11. The van der Waals surface area contributed by atoms with Gasteiger partial charge in [0.25, 0.3) is 5.91 Å². The quantitative estimate of drug-likeness (QED) is 0.121. The van der Waals surface area contributed by atoms with E-state index in [1.165, 1.54) is 18.0 Å². The van der Waals surface area contributed by atoms with Crippen molar-refractivity contribution in [3.8, 4) is 22.6 Å². The Balaban J connectivity index is 0.961. The maximum atomic E-state index is 12.9. The molecule has 0 aliphatic carbocycles. The Hall–Kier alpha value is -5.99. The molecule has 0 radical (unpaired) electrons. The molecule has 1 saturated heterocycles. The highest BCUT2D eigenvalue weighted by atomic mass is 32.2. The fraction of sp³-hybridized carbons (Fsp3) is 0.171. The van der Waals surface area contributed by atoms with Gasteiger partial charge < -0.3 is 25.0 Å². The molecule has 3 heterocycles. The van der Waals surface area contributed by atoms with Crippen LogP contribution in [0.4, 0.5) is 0 Å². The number of aliphatic hydroxyl groups excluding tert-OH is 1. The van der Waals surface area contributed by atoms with Gasteiger partial charge >= 0.3 is 0 Å². The number of aromatic hydroxyl groups is 1. The molecule has 2 aromatic heterocycles. The standard InChI is InChI=1S/C41H35N7O5S/c49-24-26-8-10-29(11-9-26)38-21-34(25-54-41-45-46-47-48(41)32-16-18-33(50)19-17-32)52-40(53-38)30-14-12-28(13-15-30)31-5-3-4-27(20-31)22-43-39(51)37-23-42-35-6-1-2-7-36(35)44-37/h1-20,23,34,38,40,49-50H,21-22,24-25H2,(H,43,51)/t34-,38+,40+/m0/s1. The molecule has 1 aliphatic heterocycles. The van der Waals surface area contributed by atoms with E-state index in [1.807, 2.05) is 91.0 Å². The highest BCUT2D eigenvalue weighted by molar-refractivity contribution is 7.99. The first-order valence-corrected chi connectivity index (χ1v) is 18.4. The second-order valence-electron chi connectivity index (χ2n) is 12.8. The first kappa shape index (κ1) is 35.1. The van der Waals surface area contributed by atoms with Crippen molar-refractivity contribution in [3.63, 3.8) is 0 Å². The van der Waals surface area contributed by atoms with Gasteiger partial charge in [0.05, 0.1) is 41.7 Å². The predicted octanol–water partition coefficient (Wildman–Crippen LogP) is 6.74. The van der Waals surface area contributed by atoms with Gasteiger partial charge in [-0.15, -0.1) is 5.10 Å². The van der Waals surface area contributed by atoms with Crippen LogP contribution in [0.25, 0.3) is 27.8 Å². The summed E-state index contributed by atoms with van der Waals surface area (Å²) in [4.78, 5) is 21.7. The molecule has 0 spiro atoms. The van der Waals surface area contributed by atoms with Gasteiger partial charge in [0, 0.05) is 24.3 Å². The maximum absolute atomic E-state index is 12.9. The lowest BCUT2D eigenvalue weighted by Gasteiger charge is -2.36. The zero-order chi connectivity index (χ0) is 36.9. The zero-order valence-electron chi connectivity index (χ0n) is 28.9. The number of phenols is 1. The molecule has 0 saturated carbocycles. The van der Waals surface area contributed by atoms with Crippen LogP contribution in [0.2, 0.25) is 0 Å². The highest BCUT2D eigenvalue weighted by Crippen LogP contribution is 2.40. The van der Waals surface area contributed by atoms with Crippen molar-refractivity contribution in [1.82, 2.24) is 35.5 Å². The molecule has 5 aromatic carbocycles. The number of benzene rings is 5. The lowest BCUT2D eigenvalue weighted by atomic mass is 9.99. The Morgan fingerprint density at radius 2 is 1.61 bits per heavy atom. The fourth-order valence-electron chi connectivity index (χ4n) is 6.25. The van der Waals surface area contributed by atoms with E-state index in [2.05, 4.69) is 36.9 Å². The van der Waals surface area contributed by atoms with E-state index in [1.54, 1.807) is 28.9 Å². The average molecular weight is 738 g/mol. The lowest BCUT2D eigenvalue weighted by Crippen LogP contribution is -2.31. The van der Waals surface area contributed by atoms with Gasteiger partial charge in [-0.3, -0.25) is 9.78 Å². The number of tetrazole rings is 1. The highest BCUT2D eigenvalue weighted by Gasteiger charge is 2.33. The summed E-state index contributed by atoms with van der Waals surface area (Å²) in [6.07, 6.45) is 1.03. The molecule has 270 valence electrons. The van der Waals surface area contributed by atoms with Crippen LogP contribution in [0.3, 0.4) is 0 Å². The normalized spacial score (nSPS) is 17.0. The van der Waals surface area contributed by atoms with Gasteiger partial charge in [0.2, 0.25) is 5.16 Å².